The number of hydrogen-bond donors (Lipinski definition) is 2. The molecule has 0 fully saturated rings. The van der Waals surface area contributed by atoms with Gasteiger partial charge in [0, 0.05) is 17.1 Å². The molecule has 0 saturated carbocycles. The quantitative estimate of drug-likeness (QED) is 0.892. The van der Waals surface area contributed by atoms with E-state index in [1.807, 2.05) is 17.5 Å². The van der Waals surface area contributed by atoms with Crippen molar-refractivity contribution >= 4 is 21.4 Å². The Morgan fingerprint density at radius 1 is 1.33 bits per heavy atom. The van der Waals surface area contributed by atoms with E-state index >= 15 is 0 Å². The summed E-state index contributed by atoms with van der Waals surface area (Å²) in [5.74, 6) is 0. The Morgan fingerprint density at radius 3 is 2.67 bits per heavy atom. The summed E-state index contributed by atoms with van der Waals surface area (Å²) < 4.78 is 26.6. The first-order valence-electron chi connectivity index (χ1n) is 5.23. The lowest BCUT2D eigenvalue weighted by Crippen LogP contribution is -2.27. The van der Waals surface area contributed by atoms with Gasteiger partial charge in [-0.25, -0.2) is 13.1 Å². The first kappa shape index (κ1) is 13.0. The van der Waals surface area contributed by atoms with Gasteiger partial charge in [-0.2, -0.15) is 0 Å². The van der Waals surface area contributed by atoms with Crippen LogP contribution in [0.3, 0.4) is 0 Å². The number of aromatic amines is 1. The Morgan fingerprint density at radius 2 is 2.11 bits per heavy atom. The second-order valence-corrected chi connectivity index (χ2v) is 6.44. The first-order chi connectivity index (χ1) is 8.49. The molecule has 0 bridgehead atoms. The molecular formula is C11H12N2O3S2. The van der Waals surface area contributed by atoms with Gasteiger partial charge >= 0.3 is 0 Å². The zero-order valence-electron chi connectivity index (χ0n) is 9.58. The van der Waals surface area contributed by atoms with Crippen molar-refractivity contribution < 1.29 is 8.42 Å². The van der Waals surface area contributed by atoms with Crippen molar-refractivity contribution in [1.82, 2.24) is 9.71 Å². The van der Waals surface area contributed by atoms with E-state index in [0.29, 0.717) is 0 Å². The Bertz CT molecular complexity index is 654. The normalized spacial score (nSPS) is 13.4. The molecule has 0 aliphatic heterocycles. The van der Waals surface area contributed by atoms with E-state index in [0.717, 1.165) is 4.88 Å². The summed E-state index contributed by atoms with van der Waals surface area (Å²) in [4.78, 5) is 14.2. The van der Waals surface area contributed by atoms with E-state index in [-0.39, 0.29) is 16.5 Å². The highest BCUT2D eigenvalue weighted by Gasteiger charge is 2.18. The Balaban J connectivity index is 2.22. The van der Waals surface area contributed by atoms with Gasteiger partial charge in [-0.1, -0.05) is 6.07 Å². The van der Waals surface area contributed by atoms with Crippen molar-refractivity contribution in [3.63, 3.8) is 0 Å². The summed E-state index contributed by atoms with van der Waals surface area (Å²) in [6.45, 7) is 1.77. The number of pyridine rings is 1. The topological polar surface area (TPSA) is 79.0 Å². The van der Waals surface area contributed by atoms with E-state index in [4.69, 9.17) is 0 Å². The predicted octanol–water partition coefficient (Wildman–Crippen LogP) is 1.48. The van der Waals surface area contributed by atoms with Crippen LogP contribution in [-0.4, -0.2) is 13.4 Å². The van der Waals surface area contributed by atoms with E-state index in [2.05, 4.69) is 9.71 Å². The average molecular weight is 284 g/mol. The van der Waals surface area contributed by atoms with Crippen LogP contribution in [-0.2, 0) is 10.0 Å². The highest BCUT2D eigenvalue weighted by Crippen LogP contribution is 2.20. The van der Waals surface area contributed by atoms with Crippen molar-refractivity contribution in [2.45, 2.75) is 17.9 Å². The zero-order chi connectivity index (χ0) is 13.2. The van der Waals surface area contributed by atoms with E-state index in [1.165, 1.54) is 29.7 Å². The second-order valence-electron chi connectivity index (χ2n) is 3.75. The van der Waals surface area contributed by atoms with E-state index < -0.39 is 10.0 Å². The molecule has 18 heavy (non-hydrogen) atoms. The highest BCUT2D eigenvalue weighted by atomic mass is 32.2. The Kier molecular flexibility index (Phi) is 3.65. The second kappa shape index (κ2) is 5.05. The number of hydrogen-bond acceptors (Lipinski definition) is 4. The molecule has 0 spiro atoms. The van der Waals surface area contributed by atoms with E-state index in [1.54, 1.807) is 6.92 Å². The molecular weight excluding hydrogens is 272 g/mol. The maximum atomic E-state index is 12.0. The average Bonchev–Trinajstić information content (AvgIpc) is 2.82. The number of aromatic nitrogens is 1. The van der Waals surface area contributed by atoms with Gasteiger partial charge in [0.05, 0.1) is 10.9 Å². The van der Waals surface area contributed by atoms with Crippen LogP contribution < -0.4 is 10.3 Å². The molecule has 5 nitrogen and oxygen atoms in total. The number of sulfonamides is 1. The molecule has 2 N–H and O–H groups in total. The first-order valence-corrected chi connectivity index (χ1v) is 7.60. The minimum atomic E-state index is -3.62. The predicted molar refractivity (Wildman–Crippen MR) is 70.1 cm³/mol. The molecule has 2 aromatic heterocycles. The summed E-state index contributed by atoms with van der Waals surface area (Å²) in [6, 6.07) is 5.89. The fraction of sp³-hybridized carbons (Fsp3) is 0.182. The number of nitrogens with one attached hydrogen (secondary N) is 2. The highest BCUT2D eigenvalue weighted by molar-refractivity contribution is 7.89. The lowest BCUT2D eigenvalue weighted by atomic mass is 10.3. The Labute approximate surface area is 109 Å². The van der Waals surface area contributed by atoms with Crippen LogP contribution in [0.4, 0.5) is 0 Å². The lowest BCUT2D eigenvalue weighted by Gasteiger charge is -2.12. The summed E-state index contributed by atoms with van der Waals surface area (Å²) in [5.41, 5.74) is -0.333. The third-order valence-electron chi connectivity index (χ3n) is 2.37. The maximum absolute atomic E-state index is 12.0. The van der Waals surface area contributed by atoms with Crippen LogP contribution in [0.1, 0.15) is 17.8 Å². The zero-order valence-corrected chi connectivity index (χ0v) is 11.2. The van der Waals surface area contributed by atoms with Gasteiger partial charge in [-0.3, -0.25) is 4.79 Å². The van der Waals surface area contributed by atoms with Crippen molar-refractivity contribution in [2.24, 2.45) is 0 Å². The van der Waals surface area contributed by atoms with Gasteiger partial charge in [0.25, 0.3) is 0 Å². The molecule has 2 rings (SSSR count). The van der Waals surface area contributed by atoms with Crippen LogP contribution in [0.5, 0.6) is 0 Å². The minimum absolute atomic E-state index is 0.0468. The Hall–Kier alpha value is -1.44. The molecule has 1 unspecified atom stereocenters. The molecule has 96 valence electrons. The van der Waals surface area contributed by atoms with Crippen molar-refractivity contribution in [3.05, 3.63) is 51.1 Å². The van der Waals surface area contributed by atoms with Gasteiger partial charge in [-0.15, -0.1) is 11.3 Å². The maximum Gasteiger partial charge on any atom is 0.247 e. The lowest BCUT2D eigenvalue weighted by molar-refractivity contribution is 0.568. The molecule has 7 heteroatoms. The summed E-state index contributed by atoms with van der Waals surface area (Å²) >= 11 is 1.48. The molecule has 1 atom stereocenters. The van der Waals surface area contributed by atoms with Crippen molar-refractivity contribution in [2.75, 3.05) is 0 Å². The van der Waals surface area contributed by atoms with E-state index in [9.17, 15) is 13.2 Å². The van der Waals surface area contributed by atoms with Crippen LogP contribution in [0.25, 0.3) is 0 Å². The molecule has 0 aliphatic carbocycles. The van der Waals surface area contributed by atoms with Crippen LogP contribution in [0.2, 0.25) is 0 Å². The fourth-order valence-corrected chi connectivity index (χ4v) is 3.46. The molecule has 0 amide bonds. The van der Waals surface area contributed by atoms with Crippen molar-refractivity contribution in [3.8, 4) is 0 Å². The van der Waals surface area contributed by atoms with Gasteiger partial charge < -0.3 is 4.98 Å². The van der Waals surface area contributed by atoms with Crippen LogP contribution in [0, 0.1) is 0 Å². The van der Waals surface area contributed by atoms with Gasteiger partial charge in [-0.05, 0) is 24.4 Å². The third kappa shape index (κ3) is 2.87. The molecule has 0 aromatic carbocycles. The van der Waals surface area contributed by atoms with Gasteiger partial charge in [0.15, 0.2) is 0 Å². The SMILES string of the molecule is CC(NS(=O)(=O)c1ccc(=O)[nH]c1)c1cccs1. The molecule has 0 aliphatic rings. The summed E-state index contributed by atoms with van der Waals surface area (Å²) in [7, 11) is -3.62. The van der Waals surface area contributed by atoms with Gasteiger partial charge in [0.2, 0.25) is 15.6 Å². The molecule has 0 saturated heterocycles. The number of thiophene rings is 1. The molecule has 2 aromatic rings. The standard InChI is InChI=1S/C11H12N2O3S2/c1-8(10-3-2-6-17-10)13-18(15,16)9-4-5-11(14)12-7-9/h2-8,13H,1H3,(H,12,14). The largest absolute Gasteiger partial charge is 0.328 e. The number of rotatable bonds is 4. The monoisotopic (exact) mass is 284 g/mol. The van der Waals surface area contributed by atoms with Crippen LogP contribution >= 0.6 is 11.3 Å². The molecule has 2 heterocycles. The van der Waals surface area contributed by atoms with Crippen LogP contribution in [0.15, 0.2) is 45.5 Å². The summed E-state index contributed by atoms with van der Waals surface area (Å²) in [5, 5.41) is 1.89. The summed E-state index contributed by atoms with van der Waals surface area (Å²) in [6.07, 6.45) is 1.19. The third-order valence-corrected chi connectivity index (χ3v) is 4.96. The fourth-order valence-electron chi connectivity index (χ4n) is 1.46. The van der Waals surface area contributed by atoms with Gasteiger partial charge in [0.1, 0.15) is 0 Å². The minimum Gasteiger partial charge on any atom is -0.328 e. The van der Waals surface area contributed by atoms with Crippen molar-refractivity contribution in [1.29, 1.82) is 0 Å². The smallest absolute Gasteiger partial charge is 0.247 e. The number of H-pyrrole nitrogens is 1. The molecule has 0 radical (unpaired) electrons.